The molecule has 37 heavy (non-hydrogen) atoms. The van der Waals surface area contributed by atoms with Gasteiger partial charge in [-0.05, 0) is 47.2 Å². The molecule has 7 nitrogen and oxygen atoms in total. The lowest BCUT2D eigenvalue weighted by Crippen LogP contribution is -2.56. The zero-order chi connectivity index (χ0) is 27.5. The van der Waals surface area contributed by atoms with Crippen molar-refractivity contribution in [2.24, 2.45) is 5.41 Å². The zero-order valence-electron chi connectivity index (χ0n) is 21.4. The first kappa shape index (κ1) is 29.4. The number of ether oxygens (including phenoxy) is 1. The first-order valence-electron chi connectivity index (χ1n) is 12.1. The van der Waals surface area contributed by atoms with Gasteiger partial charge in [0.25, 0.3) is 5.91 Å². The van der Waals surface area contributed by atoms with E-state index < -0.39 is 57.8 Å². The third-order valence-corrected chi connectivity index (χ3v) is 8.83. The standard InChI is InChI=1S/C27H33Cl2NO6S/c1-5-21(15-37(34,35)16-27(2,3)4)30-24(17-9-11-19(28)12-10-17)25(18-7-6-8-20(29)13-18)36-22(26(30)33)14-23(31)32/h6-13,21-22,24-25H,5,14-16H2,1-4H3,(H,31,32)/t21?,22-,24+,25+/m0/s1. The van der Waals surface area contributed by atoms with Crippen LogP contribution >= 0.6 is 23.2 Å². The van der Waals surface area contributed by atoms with E-state index in [4.69, 9.17) is 27.9 Å². The minimum Gasteiger partial charge on any atom is -0.481 e. The number of halogens is 2. The Morgan fingerprint density at radius 3 is 2.27 bits per heavy atom. The fourth-order valence-electron chi connectivity index (χ4n) is 4.81. The molecule has 0 saturated carbocycles. The van der Waals surface area contributed by atoms with E-state index in [0.29, 0.717) is 27.6 Å². The maximum absolute atomic E-state index is 13.8. The molecule has 1 unspecified atom stereocenters. The van der Waals surface area contributed by atoms with Gasteiger partial charge in [-0.15, -0.1) is 0 Å². The summed E-state index contributed by atoms with van der Waals surface area (Å²) in [4.78, 5) is 27.0. The molecule has 0 bridgehead atoms. The largest absolute Gasteiger partial charge is 0.481 e. The van der Waals surface area contributed by atoms with Crippen LogP contribution in [0.25, 0.3) is 0 Å². The van der Waals surface area contributed by atoms with Gasteiger partial charge in [-0.3, -0.25) is 9.59 Å². The Bertz CT molecular complexity index is 1230. The van der Waals surface area contributed by atoms with Gasteiger partial charge >= 0.3 is 5.97 Å². The van der Waals surface area contributed by atoms with Crippen molar-refractivity contribution in [2.45, 2.75) is 64.8 Å². The molecule has 2 aromatic carbocycles. The fourth-order valence-corrected chi connectivity index (χ4v) is 7.55. The summed E-state index contributed by atoms with van der Waals surface area (Å²) >= 11 is 12.4. The summed E-state index contributed by atoms with van der Waals surface area (Å²) in [5.41, 5.74) is 0.868. The smallest absolute Gasteiger partial charge is 0.306 e. The molecule has 2 aromatic rings. The topological polar surface area (TPSA) is 101 Å². The summed E-state index contributed by atoms with van der Waals surface area (Å²) in [6.45, 7) is 7.36. The van der Waals surface area contributed by atoms with Gasteiger partial charge in [-0.2, -0.15) is 0 Å². The molecule has 1 aliphatic heterocycles. The lowest BCUT2D eigenvalue weighted by molar-refractivity contribution is -0.182. The van der Waals surface area contributed by atoms with Crippen molar-refractivity contribution in [1.29, 1.82) is 0 Å². The van der Waals surface area contributed by atoms with Gasteiger partial charge in [-0.25, -0.2) is 8.42 Å². The molecule has 0 aliphatic carbocycles. The highest BCUT2D eigenvalue weighted by Gasteiger charge is 2.48. The van der Waals surface area contributed by atoms with Crippen molar-refractivity contribution >= 4 is 44.9 Å². The molecule has 3 rings (SSSR count). The predicted octanol–water partition coefficient (Wildman–Crippen LogP) is 5.72. The highest BCUT2D eigenvalue weighted by atomic mass is 35.5. The van der Waals surface area contributed by atoms with Crippen LogP contribution in [0, 0.1) is 5.41 Å². The second kappa shape index (κ2) is 11.7. The van der Waals surface area contributed by atoms with Gasteiger partial charge in [0.15, 0.2) is 9.84 Å². The lowest BCUT2D eigenvalue weighted by atomic mass is 9.89. The van der Waals surface area contributed by atoms with Crippen LogP contribution in [0.3, 0.4) is 0 Å². The number of carboxylic acids is 1. The number of carbonyl (C=O) groups is 2. The lowest BCUT2D eigenvalue weighted by Gasteiger charge is -2.48. The number of carbonyl (C=O) groups excluding carboxylic acids is 1. The van der Waals surface area contributed by atoms with Crippen LogP contribution in [-0.4, -0.2) is 54.0 Å². The number of sulfone groups is 1. The highest BCUT2D eigenvalue weighted by Crippen LogP contribution is 2.45. The Labute approximate surface area is 228 Å². The SMILES string of the molecule is CCC(CS(=O)(=O)CC(C)(C)C)N1C(=O)[C@H](CC(=O)O)O[C@H](c2cccc(Cl)c2)[C@H]1c1ccc(Cl)cc1. The number of carboxylic acid groups (broad SMARTS) is 1. The number of nitrogens with zero attached hydrogens (tertiary/aromatic N) is 1. The van der Waals surface area contributed by atoms with Crippen LogP contribution < -0.4 is 0 Å². The molecule has 1 fully saturated rings. The molecule has 1 aliphatic rings. The van der Waals surface area contributed by atoms with E-state index >= 15 is 0 Å². The average molecular weight is 571 g/mol. The number of rotatable bonds is 9. The summed E-state index contributed by atoms with van der Waals surface area (Å²) in [7, 11) is -3.56. The molecular formula is C27H33Cl2NO6S. The van der Waals surface area contributed by atoms with Crippen LogP contribution in [0.15, 0.2) is 48.5 Å². The second-order valence-electron chi connectivity index (χ2n) is 10.6. The van der Waals surface area contributed by atoms with Crippen molar-refractivity contribution in [3.8, 4) is 0 Å². The predicted molar refractivity (Wildman–Crippen MR) is 145 cm³/mol. The van der Waals surface area contributed by atoms with E-state index in [1.54, 1.807) is 48.5 Å². The van der Waals surface area contributed by atoms with Gasteiger partial charge in [0, 0.05) is 16.1 Å². The molecule has 1 N–H and O–H groups in total. The molecule has 1 saturated heterocycles. The Balaban J connectivity index is 2.17. The Morgan fingerprint density at radius 2 is 1.73 bits per heavy atom. The van der Waals surface area contributed by atoms with Crippen LogP contribution in [0.5, 0.6) is 0 Å². The number of aliphatic carboxylic acids is 1. The second-order valence-corrected chi connectivity index (χ2v) is 13.6. The van der Waals surface area contributed by atoms with Crippen molar-refractivity contribution in [3.63, 3.8) is 0 Å². The Kier molecular flexibility index (Phi) is 9.32. The maximum Gasteiger partial charge on any atom is 0.306 e. The third-order valence-electron chi connectivity index (χ3n) is 6.14. The van der Waals surface area contributed by atoms with E-state index in [1.165, 1.54) is 4.90 Å². The van der Waals surface area contributed by atoms with Crippen LogP contribution in [-0.2, 0) is 24.2 Å². The molecule has 0 spiro atoms. The summed E-state index contributed by atoms with van der Waals surface area (Å²) in [5, 5.41) is 10.5. The van der Waals surface area contributed by atoms with E-state index in [1.807, 2.05) is 27.7 Å². The summed E-state index contributed by atoms with van der Waals surface area (Å²) in [5.74, 6) is -2.05. The molecule has 1 amide bonds. The van der Waals surface area contributed by atoms with Gasteiger partial charge in [-0.1, -0.05) is 75.2 Å². The minimum absolute atomic E-state index is 0.0447. The summed E-state index contributed by atoms with van der Waals surface area (Å²) in [6.07, 6.45) is -2.28. The van der Waals surface area contributed by atoms with E-state index in [9.17, 15) is 23.1 Å². The molecular weight excluding hydrogens is 537 g/mol. The maximum atomic E-state index is 13.8. The highest BCUT2D eigenvalue weighted by molar-refractivity contribution is 7.91. The monoisotopic (exact) mass is 569 g/mol. The molecule has 4 atom stereocenters. The van der Waals surface area contributed by atoms with Gasteiger partial charge in [0.2, 0.25) is 0 Å². The first-order chi connectivity index (χ1) is 17.2. The van der Waals surface area contributed by atoms with Gasteiger partial charge < -0.3 is 14.7 Å². The van der Waals surface area contributed by atoms with Crippen molar-refractivity contribution in [2.75, 3.05) is 11.5 Å². The van der Waals surface area contributed by atoms with Crippen molar-refractivity contribution < 1.29 is 27.9 Å². The molecule has 202 valence electrons. The van der Waals surface area contributed by atoms with Crippen molar-refractivity contribution in [3.05, 3.63) is 69.7 Å². The minimum atomic E-state index is -3.56. The number of morpholine rings is 1. The molecule has 0 aromatic heterocycles. The first-order valence-corrected chi connectivity index (χ1v) is 14.7. The van der Waals surface area contributed by atoms with Crippen LogP contribution in [0.1, 0.15) is 63.8 Å². The van der Waals surface area contributed by atoms with Crippen LogP contribution in [0.4, 0.5) is 0 Å². The molecule has 1 heterocycles. The quantitative estimate of drug-likeness (QED) is 0.414. The summed E-state index contributed by atoms with van der Waals surface area (Å²) < 4.78 is 32.6. The molecule has 10 heteroatoms. The van der Waals surface area contributed by atoms with E-state index in [-0.39, 0.29) is 11.5 Å². The Morgan fingerprint density at radius 1 is 1.08 bits per heavy atom. The number of hydrogen-bond acceptors (Lipinski definition) is 5. The number of amides is 1. The number of benzene rings is 2. The zero-order valence-corrected chi connectivity index (χ0v) is 23.7. The van der Waals surface area contributed by atoms with Gasteiger partial charge in [0.1, 0.15) is 12.2 Å². The molecule has 0 radical (unpaired) electrons. The average Bonchev–Trinajstić information content (AvgIpc) is 2.77. The van der Waals surface area contributed by atoms with E-state index in [0.717, 1.165) is 0 Å². The van der Waals surface area contributed by atoms with E-state index in [2.05, 4.69) is 0 Å². The number of hydrogen-bond donors (Lipinski definition) is 1. The normalized spacial score (nSPS) is 21.6. The van der Waals surface area contributed by atoms with Crippen molar-refractivity contribution in [1.82, 2.24) is 4.90 Å². The Hall–Kier alpha value is -2.13. The fraction of sp³-hybridized carbons (Fsp3) is 0.481. The van der Waals surface area contributed by atoms with Crippen LogP contribution in [0.2, 0.25) is 10.0 Å². The van der Waals surface area contributed by atoms with Gasteiger partial charge in [0.05, 0.1) is 24.0 Å². The summed E-state index contributed by atoms with van der Waals surface area (Å²) in [6, 6.07) is 12.4. The third kappa shape index (κ3) is 7.69.